The molecule has 1 aliphatic rings. The van der Waals surface area contributed by atoms with Crippen molar-refractivity contribution in [1.29, 1.82) is 0 Å². The minimum atomic E-state index is -0.585. The average molecular weight is 580 g/mol. The fraction of sp³-hybridized carbons (Fsp3) is 0.333. The van der Waals surface area contributed by atoms with E-state index in [0.717, 1.165) is 11.3 Å². The highest BCUT2D eigenvalue weighted by atomic mass is 35.5. The molecule has 11 heteroatoms. The van der Waals surface area contributed by atoms with Crippen LogP contribution in [0.1, 0.15) is 55.6 Å². The van der Waals surface area contributed by atoms with Crippen LogP contribution in [0.4, 0.5) is 14.9 Å². The summed E-state index contributed by atoms with van der Waals surface area (Å²) in [4.78, 5) is 32.8. The minimum absolute atomic E-state index is 0.0874. The number of methoxy groups -OCH3 is 1. The second-order valence-corrected chi connectivity index (χ2v) is 11.3. The molecule has 214 valence electrons. The Hall–Kier alpha value is -4.18. The largest absolute Gasteiger partial charge is 0.497 e. The minimum Gasteiger partial charge on any atom is -0.497 e. The summed E-state index contributed by atoms with van der Waals surface area (Å²) in [6.07, 6.45) is 2.51. The predicted molar refractivity (Wildman–Crippen MR) is 154 cm³/mol. The number of ether oxygens (including phenoxy) is 2. The maximum Gasteiger partial charge on any atom is 0.410 e. The number of benzene rings is 2. The number of carbonyl (C=O) groups excluding carboxylic acids is 2. The first kappa shape index (κ1) is 28.4. The van der Waals surface area contributed by atoms with E-state index in [2.05, 4.69) is 10.4 Å². The van der Waals surface area contributed by atoms with Gasteiger partial charge in [-0.1, -0.05) is 11.6 Å². The molecular weight excluding hydrogens is 549 g/mol. The molecule has 1 saturated heterocycles. The van der Waals surface area contributed by atoms with Crippen LogP contribution in [0.2, 0.25) is 5.02 Å². The summed E-state index contributed by atoms with van der Waals surface area (Å²) >= 11 is 5.93. The van der Waals surface area contributed by atoms with Gasteiger partial charge in [0.1, 0.15) is 17.2 Å². The van der Waals surface area contributed by atoms with E-state index in [-0.39, 0.29) is 17.0 Å². The number of hydrogen-bond acceptors (Lipinski definition) is 6. The number of carbonyl (C=O) groups is 2. The molecule has 0 atom stereocenters. The number of anilines is 1. The van der Waals surface area contributed by atoms with Crippen LogP contribution in [0.15, 0.2) is 54.7 Å². The number of aromatic nitrogens is 3. The van der Waals surface area contributed by atoms with E-state index in [4.69, 9.17) is 26.1 Å². The summed E-state index contributed by atoms with van der Waals surface area (Å²) in [5, 5.41) is 7.37. The van der Waals surface area contributed by atoms with Gasteiger partial charge in [0.15, 0.2) is 5.65 Å². The van der Waals surface area contributed by atoms with Gasteiger partial charge < -0.3 is 19.7 Å². The van der Waals surface area contributed by atoms with Crippen molar-refractivity contribution < 1.29 is 23.5 Å². The van der Waals surface area contributed by atoms with Crippen molar-refractivity contribution in [3.8, 4) is 17.0 Å². The molecule has 1 N–H and O–H groups in total. The van der Waals surface area contributed by atoms with Gasteiger partial charge in [0.25, 0.3) is 5.91 Å². The van der Waals surface area contributed by atoms with Gasteiger partial charge in [0.05, 0.1) is 29.1 Å². The van der Waals surface area contributed by atoms with Crippen LogP contribution in [0.25, 0.3) is 16.9 Å². The second-order valence-electron chi connectivity index (χ2n) is 10.9. The van der Waals surface area contributed by atoms with E-state index < -0.39 is 17.3 Å². The predicted octanol–water partition coefficient (Wildman–Crippen LogP) is 6.56. The number of halogens is 2. The van der Waals surface area contributed by atoms with E-state index >= 15 is 0 Å². The Morgan fingerprint density at radius 3 is 2.41 bits per heavy atom. The van der Waals surface area contributed by atoms with Crippen molar-refractivity contribution >= 4 is 34.9 Å². The third kappa shape index (κ3) is 6.43. The van der Waals surface area contributed by atoms with E-state index in [9.17, 15) is 14.0 Å². The molecule has 0 spiro atoms. The smallest absolute Gasteiger partial charge is 0.410 e. The maximum atomic E-state index is 13.7. The van der Waals surface area contributed by atoms with Crippen molar-refractivity contribution in [3.05, 3.63) is 76.8 Å². The van der Waals surface area contributed by atoms with E-state index in [1.807, 2.05) is 51.1 Å². The molecule has 5 rings (SSSR count). The summed E-state index contributed by atoms with van der Waals surface area (Å²) in [7, 11) is 1.61. The molecule has 41 heavy (non-hydrogen) atoms. The highest BCUT2D eigenvalue weighted by molar-refractivity contribution is 6.31. The van der Waals surface area contributed by atoms with Crippen LogP contribution in [-0.2, 0) is 4.74 Å². The number of piperidine rings is 1. The zero-order chi connectivity index (χ0) is 29.3. The molecule has 2 aromatic carbocycles. The molecule has 2 amide bonds. The van der Waals surface area contributed by atoms with Gasteiger partial charge in [-0.05, 0) is 76.1 Å². The first-order valence-electron chi connectivity index (χ1n) is 13.3. The fourth-order valence-electron chi connectivity index (χ4n) is 4.76. The summed E-state index contributed by atoms with van der Waals surface area (Å²) in [5.74, 6) is -0.355. The van der Waals surface area contributed by atoms with Gasteiger partial charge in [-0.2, -0.15) is 5.10 Å². The first-order chi connectivity index (χ1) is 19.5. The number of nitrogens with zero attached hydrogens (tertiary/aromatic N) is 4. The summed E-state index contributed by atoms with van der Waals surface area (Å²) in [6, 6.07) is 13.4. The number of rotatable bonds is 5. The standard InChI is InChI=1S/C30H31ClFN5O4/c1-30(2,3)41-29(39)36-13-11-19(12-14-36)27-22(28(38)33-20-7-10-24(32)23(31)15-20)17-37-26(34-27)16-25(35-37)18-5-8-21(40-4)9-6-18/h5-10,15-17,19H,11-14H2,1-4H3,(H,33,38). The summed E-state index contributed by atoms with van der Waals surface area (Å²) < 4.78 is 26.1. The lowest BCUT2D eigenvalue weighted by atomic mass is 9.90. The van der Waals surface area contributed by atoms with Crippen LogP contribution in [-0.4, -0.2) is 57.3 Å². The molecule has 4 aromatic rings. The molecule has 3 heterocycles. The monoisotopic (exact) mass is 579 g/mol. The lowest BCUT2D eigenvalue weighted by Gasteiger charge is -2.33. The van der Waals surface area contributed by atoms with Gasteiger partial charge in [0.2, 0.25) is 0 Å². The lowest BCUT2D eigenvalue weighted by Crippen LogP contribution is -2.41. The Labute approximate surface area is 242 Å². The first-order valence-corrected chi connectivity index (χ1v) is 13.7. The number of hydrogen-bond donors (Lipinski definition) is 1. The van der Waals surface area contributed by atoms with Gasteiger partial charge in [-0.3, -0.25) is 4.79 Å². The Kier molecular flexibility index (Phi) is 7.86. The lowest BCUT2D eigenvalue weighted by molar-refractivity contribution is 0.0203. The van der Waals surface area contributed by atoms with E-state index in [0.29, 0.717) is 54.2 Å². The Balaban J connectivity index is 1.47. The Morgan fingerprint density at radius 1 is 1.07 bits per heavy atom. The summed E-state index contributed by atoms with van der Waals surface area (Å²) in [5.41, 5.74) is 2.85. The van der Waals surface area contributed by atoms with Crippen molar-refractivity contribution in [3.63, 3.8) is 0 Å². The molecular formula is C30H31ClFN5O4. The van der Waals surface area contributed by atoms with Crippen molar-refractivity contribution in [1.82, 2.24) is 19.5 Å². The van der Waals surface area contributed by atoms with Gasteiger partial charge in [0, 0.05) is 42.5 Å². The maximum absolute atomic E-state index is 13.7. The van der Waals surface area contributed by atoms with Crippen molar-refractivity contribution in [2.24, 2.45) is 0 Å². The van der Waals surface area contributed by atoms with Gasteiger partial charge in [-0.15, -0.1) is 0 Å². The number of fused-ring (bicyclic) bond motifs is 1. The van der Waals surface area contributed by atoms with E-state index in [1.165, 1.54) is 18.2 Å². The summed E-state index contributed by atoms with van der Waals surface area (Å²) in [6.45, 7) is 6.44. The van der Waals surface area contributed by atoms with Crippen molar-refractivity contribution in [2.45, 2.75) is 45.1 Å². The highest BCUT2D eigenvalue weighted by Crippen LogP contribution is 2.32. The number of nitrogens with one attached hydrogen (secondary N) is 1. The van der Waals surface area contributed by atoms with Crippen LogP contribution in [0.5, 0.6) is 5.75 Å². The fourth-order valence-corrected chi connectivity index (χ4v) is 4.94. The third-order valence-corrected chi connectivity index (χ3v) is 7.11. The molecule has 9 nitrogen and oxygen atoms in total. The molecule has 0 bridgehead atoms. The van der Waals surface area contributed by atoms with Crippen LogP contribution in [0.3, 0.4) is 0 Å². The number of likely N-dealkylation sites (tertiary alicyclic amines) is 1. The van der Waals surface area contributed by atoms with Crippen LogP contribution < -0.4 is 10.1 Å². The SMILES string of the molecule is COc1ccc(-c2cc3nc(C4CCN(C(=O)OC(C)(C)C)CC4)c(C(=O)Nc4ccc(F)c(Cl)c4)cn3n2)cc1. The third-order valence-electron chi connectivity index (χ3n) is 6.82. The molecule has 0 radical (unpaired) electrons. The zero-order valence-corrected chi connectivity index (χ0v) is 24.0. The molecule has 0 unspecified atom stereocenters. The quantitative estimate of drug-likeness (QED) is 0.287. The molecule has 2 aromatic heterocycles. The second kappa shape index (κ2) is 11.4. The molecule has 1 fully saturated rings. The average Bonchev–Trinajstić information content (AvgIpc) is 3.37. The highest BCUT2D eigenvalue weighted by Gasteiger charge is 2.31. The van der Waals surface area contributed by atoms with E-state index in [1.54, 1.807) is 22.7 Å². The Morgan fingerprint density at radius 2 is 1.78 bits per heavy atom. The Bertz CT molecular complexity index is 1590. The van der Waals surface area contributed by atoms with Gasteiger partial charge >= 0.3 is 6.09 Å². The molecule has 1 aliphatic heterocycles. The van der Waals surface area contributed by atoms with Crippen LogP contribution in [0, 0.1) is 5.82 Å². The normalized spacial score (nSPS) is 14.2. The zero-order valence-electron chi connectivity index (χ0n) is 23.3. The molecule has 0 aliphatic carbocycles. The van der Waals surface area contributed by atoms with Gasteiger partial charge in [-0.25, -0.2) is 18.7 Å². The number of amides is 2. The molecule has 0 saturated carbocycles. The topological polar surface area (TPSA) is 98.1 Å². The van der Waals surface area contributed by atoms with Crippen molar-refractivity contribution in [2.75, 3.05) is 25.5 Å². The van der Waals surface area contributed by atoms with Crippen LogP contribution >= 0.6 is 11.6 Å².